The van der Waals surface area contributed by atoms with Gasteiger partial charge in [0.2, 0.25) is 0 Å². The Labute approximate surface area is 107 Å². The monoisotopic (exact) mass is 254 g/mol. The van der Waals surface area contributed by atoms with Crippen molar-refractivity contribution in [3.8, 4) is 0 Å². The van der Waals surface area contributed by atoms with E-state index < -0.39 is 0 Å². The van der Waals surface area contributed by atoms with Crippen LogP contribution < -0.4 is 5.32 Å². The second-order valence-corrected chi connectivity index (χ2v) is 4.81. The van der Waals surface area contributed by atoms with Crippen molar-refractivity contribution in [2.75, 3.05) is 26.2 Å². The van der Waals surface area contributed by atoms with Crippen LogP contribution in [0.3, 0.4) is 0 Å². The Kier molecular flexibility index (Phi) is 5.08. The van der Waals surface area contributed by atoms with Crippen LogP contribution in [-0.2, 0) is 6.54 Å². The molecular weight excluding hydrogens is 234 g/mol. The van der Waals surface area contributed by atoms with Gasteiger partial charge in [-0.15, -0.1) is 0 Å². The summed E-state index contributed by atoms with van der Waals surface area (Å²) in [6, 6.07) is 3.58. The van der Waals surface area contributed by atoms with Crippen LogP contribution in [0.15, 0.2) is 18.2 Å². The summed E-state index contributed by atoms with van der Waals surface area (Å²) in [4.78, 5) is 2.42. The minimum atomic E-state index is -0.385. The Bertz CT molecular complexity index is 376. The van der Waals surface area contributed by atoms with Crippen LogP contribution in [0.5, 0.6) is 0 Å². The van der Waals surface area contributed by atoms with E-state index in [9.17, 15) is 8.78 Å². The lowest BCUT2D eigenvalue weighted by molar-refractivity contribution is 0.229. The van der Waals surface area contributed by atoms with Crippen molar-refractivity contribution in [2.24, 2.45) is 0 Å². The molecule has 1 N–H and O–H groups in total. The highest BCUT2D eigenvalue weighted by atomic mass is 19.1. The molecule has 18 heavy (non-hydrogen) atoms. The Balaban J connectivity index is 1.69. The molecule has 1 fully saturated rings. The lowest BCUT2D eigenvalue weighted by Crippen LogP contribution is -2.35. The van der Waals surface area contributed by atoms with E-state index in [1.165, 1.54) is 31.4 Å². The zero-order valence-corrected chi connectivity index (χ0v) is 10.6. The van der Waals surface area contributed by atoms with Gasteiger partial charge >= 0.3 is 0 Å². The van der Waals surface area contributed by atoms with E-state index in [0.717, 1.165) is 32.2 Å². The van der Waals surface area contributed by atoms with Gasteiger partial charge in [-0.1, -0.05) is 6.42 Å². The van der Waals surface area contributed by atoms with Gasteiger partial charge in [-0.25, -0.2) is 8.78 Å². The molecule has 1 aliphatic heterocycles. The van der Waals surface area contributed by atoms with Gasteiger partial charge < -0.3 is 10.2 Å². The topological polar surface area (TPSA) is 15.3 Å². The van der Waals surface area contributed by atoms with Gasteiger partial charge in [0.25, 0.3) is 0 Å². The zero-order chi connectivity index (χ0) is 12.8. The summed E-state index contributed by atoms with van der Waals surface area (Å²) in [7, 11) is 0. The zero-order valence-electron chi connectivity index (χ0n) is 10.6. The van der Waals surface area contributed by atoms with Crippen LogP contribution in [0, 0.1) is 11.6 Å². The molecule has 0 spiro atoms. The summed E-state index contributed by atoms with van der Waals surface area (Å²) >= 11 is 0. The molecule has 0 unspecified atom stereocenters. The second-order valence-electron chi connectivity index (χ2n) is 4.81. The second kappa shape index (κ2) is 6.81. The quantitative estimate of drug-likeness (QED) is 0.812. The highest BCUT2D eigenvalue weighted by Gasteiger charge is 2.09. The first kappa shape index (κ1) is 13.4. The van der Waals surface area contributed by atoms with Gasteiger partial charge in [0.1, 0.15) is 11.6 Å². The molecule has 0 saturated carbocycles. The SMILES string of the molecule is Fc1ccc(F)c(CNCCN2CCCCC2)c1. The van der Waals surface area contributed by atoms with Crippen molar-refractivity contribution in [2.45, 2.75) is 25.8 Å². The minimum Gasteiger partial charge on any atom is -0.311 e. The highest BCUT2D eigenvalue weighted by molar-refractivity contribution is 5.18. The van der Waals surface area contributed by atoms with Crippen molar-refractivity contribution in [3.63, 3.8) is 0 Å². The summed E-state index contributed by atoms with van der Waals surface area (Å²) in [5.74, 6) is -0.730. The normalized spacial score (nSPS) is 17.0. The number of likely N-dealkylation sites (tertiary alicyclic amines) is 1. The molecule has 0 aliphatic carbocycles. The molecule has 2 nitrogen and oxygen atoms in total. The van der Waals surface area contributed by atoms with E-state index in [1.807, 2.05) is 0 Å². The predicted molar refractivity (Wildman–Crippen MR) is 68.4 cm³/mol. The number of piperidine rings is 1. The molecular formula is C14H20F2N2. The summed E-state index contributed by atoms with van der Waals surface area (Å²) in [5, 5.41) is 3.17. The number of halogens is 2. The van der Waals surface area contributed by atoms with Crippen LogP contribution in [0.4, 0.5) is 8.78 Å². The molecule has 1 saturated heterocycles. The van der Waals surface area contributed by atoms with E-state index in [-0.39, 0.29) is 11.6 Å². The lowest BCUT2D eigenvalue weighted by Gasteiger charge is -2.26. The highest BCUT2D eigenvalue weighted by Crippen LogP contribution is 2.09. The average molecular weight is 254 g/mol. The van der Waals surface area contributed by atoms with Crippen molar-refractivity contribution in [1.29, 1.82) is 0 Å². The van der Waals surface area contributed by atoms with Crippen molar-refractivity contribution in [1.82, 2.24) is 10.2 Å². The van der Waals surface area contributed by atoms with E-state index in [0.29, 0.717) is 12.1 Å². The molecule has 0 amide bonds. The Morgan fingerprint density at radius 2 is 1.89 bits per heavy atom. The molecule has 0 radical (unpaired) electrons. The summed E-state index contributed by atoms with van der Waals surface area (Å²) < 4.78 is 26.3. The van der Waals surface area contributed by atoms with Gasteiger partial charge in [0, 0.05) is 25.2 Å². The Morgan fingerprint density at radius 1 is 1.11 bits per heavy atom. The largest absolute Gasteiger partial charge is 0.311 e. The molecule has 2 rings (SSSR count). The van der Waals surface area contributed by atoms with E-state index in [4.69, 9.17) is 0 Å². The van der Waals surface area contributed by atoms with Gasteiger partial charge in [0.15, 0.2) is 0 Å². The summed E-state index contributed by atoms with van der Waals surface area (Å²) in [5.41, 5.74) is 0.397. The third-order valence-corrected chi connectivity index (χ3v) is 3.38. The number of hydrogen-bond donors (Lipinski definition) is 1. The first-order valence-electron chi connectivity index (χ1n) is 6.63. The first-order valence-corrected chi connectivity index (χ1v) is 6.63. The van der Waals surface area contributed by atoms with Crippen LogP contribution in [0.1, 0.15) is 24.8 Å². The number of hydrogen-bond acceptors (Lipinski definition) is 2. The summed E-state index contributed by atoms with van der Waals surface area (Å²) in [6.45, 7) is 4.51. The van der Waals surface area contributed by atoms with E-state index in [1.54, 1.807) is 0 Å². The lowest BCUT2D eigenvalue weighted by atomic mass is 10.1. The van der Waals surface area contributed by atoms with E-state index >= 15 is 0 Å². The Morgan fingerprint density at radius 3 is 2.67 bits per heavy atom. The first-order chi connectivity index (χ1) is 8.75. The molecule has 1 aromatic carbocycles. The fraction of sp³-hybridized carbons (Fsp3) is 0.571. The maximum absolute atomic E-state index is 13.3. The fourth-order valence-corrected chi connectivity index (χ4v) is 2.32. The summed E-state index contributed by atoms with van der Waals surface area (Å²) in [6.07, 6.45) is 3.88. The number of rotatable bonds is 5. The molecule has 0 bridgehead atoms. The van der Waals surface area contributed by atoms with Crippen LogP contribution >= 0.6 is 0 Å². The van der Waals surface area contributed by atoms with Crippen molar-refractivity contribution in [3.05, 3.63) is 35.4 Å². The standard InChI is InChI=1S/C14H20F2N2/c15-13-4-5-14(16)12(10-13)11-17-6-9-18-7-2-1-3-8-18/h4-5,10,17H,1-3,6-9,11H2. The molecule has 4 heteroatoms. The number of nitrogens with one attached hydrogen (secondary N) is 1. The van der Waals surface area contributed by atoms with Gasteiger partial charge in [-0.3, -0.25) is 0 Å². The average Bonchev–Trinajstić information content (AvgIpc) is 2.40. The third-order valence-electron chi connectivity index (χ3n) is 3.38. The van der Waals surface area contributed by atoms with Gasteiger partial charge in [-0.05, 0) is 44.1 Å². The minimum absolute atomic E-state index is 0.345. The maximum Gasteiger partial charge on any atom is 0.127 e. The van der Waals surface area contributed by atoms with Crippen LogP contribution in [0.25, 0.3) is 0 Å². The molecule has 1 heterocycles. The molecule has 1 aliphatic rings. The number of benzene rings is 1. The van der Waals surface area contributed by atoms with E-state index in [2.05, 4.69) is 10.2 Å². The maximum atomic E-state index is 13.3. The smallest absolute Gasteiger partial charge is 0.127 e. The molecule has 1 aromatic rings. The molecule has 100 valence electrons. The van der Waals surface area contributed by atoms with Crippen LogP contribution in [0.2, 0.25) is 0 Å². The fourth-order valence-electron chi connectivity index (χ4n) is 2.32. The number of nitrogens with zero attached hydrogens (tertiary/aromatic N) is 1. The van der Waals surface area contributed by atoms with Crippen LogP contribution in [-0.4, -0.2) is 31.1 Å². The molecule has 0 aromatic heterocycles. The third kappa shape index (κ3) is 4.03. The van der Waals surface area contributed by atoms with Gasteiger partial charge in [-0.2, -0.15) is 0 Å². The Hall–Kier alpha value is -1.00. The van der Waals surface area contributed by atoms with Crippen molar-refractivity contribution >= 4 is 0 Å². The molecule has 0 atom stereocenters. The predicted octanol–water partition coefficient (Wildman–Crippen LogP) is 2.54. The van der Waals surface area contributed by atoms with Gasteiger partial charge in [0.05, 0.1) is 0 Å². The van der Waals surface area contributed by atoms with Crippen molar-refractivity contribution < 1.29 is 8.78 Å².